The molecule has 0 radical (unpaired) electrons. The Morgan fingerprint density at radius 2 is 1.85 bits per heavy atom. The van der Waals surface area contributed by atoms with Gasteiger partial charge in [-0.3, -0.25) is 0 Å². The van der Waals surface area contributed by atoms with Crippen molar-refractivity contribution in [1.82, 2.24) is 0 Å². The lowest BCUT2D eigenvalue weighted by atomic mass is 10.0. The Morgan fingerprint density at radius 3 is 2.54 bits per heavy atom. The van der Waals surface area contributed by atoms with Gasteiger partial charge in [0.2, 0.25) is 0 Å². The number of rotatable bonds is 2. The van der Waals surface area contributed by atoms with E-state index >= 15 is 0 Å². The molecule has 0 aromatic heterocycles. The largest absolute Gasteiger partial charge is 0.359 e. The molecular formula is C12H15N. The van der Waals surface area contributed by atoms with Gasteiger partial charge < -0.3 is 5.32 Å². The molecule has 0 unspecified atom stereocenters. The van der Waals surface area contributed by atoms with E-state index in [2.05, 4.69) is 35.7 Å². The number of nitrogens with one attached hydrogen (secondary N) is 1. The summed E-state index contributed by atoms with van der Waals surface area (Å²) in [5.74, 6) is 0. The van der Waals surface area contributed by atoms with Gasteiger partial charge in [0, 0.05) is 11.4 Å². The van der Waals surface area contributed by atoms with E-state index in [0.717, 1.165) is 0 Å². The van der Waals surface area contributed by atoms with Crippen molar-refractivity contribution in [2.75, 3.05) is 5.32 Å². The number of allylic oxidation sites excluding steroid dienone is 2. The second-order valence-electron chi connectivity index (χ2n) is 3.47. The van der Waals surface area contributed by atoms with Crippen LogP contribution < -0.4 is 5.32 Å². The number of anilines is 1. The third-order valence-electron chi connectivity index (χ3n) is 2.37. The van der Waals surface area contributed by atoms with Crippen LogP contribution in [0.15, 0.2) is 42.1 Å². The first-order valence-electron chi connectivity index (χ1n) is 4.96. The van der Waals surface area contributed by atoms with Gasteiger partial charge in [0.1, 0.15) is 0 Å². The van der Waals surface area contributed by atoms with Gasteiger partial charge in [0.25, 0.3) is 0 Å². The zero-order valence-corrected chi connectivity index (χ0v) is 7.79. The van der Waals surface area contributed by atoms with E-state index in [1.165, 1.54) is 37.1 Å². The summed E-state index contributed by atoms with van der Waals surface area (Å²) >= 11 is 0. The molecule has 1 heteroatoms. The van der Waals surface area contributed by atoms with Crippen molar-refractivity contribution in [3.63, 3.8) is 0 Å². The summed E-state index contributed by atoms with van der Waals surface area (Å²) in [7, 11) is 0. The van der Waals surface area contributed by atoms with Crippen LogP contribution in [0.2, 0.25) is 0 Å². The van der Waals surface area contributed by atoms with Gasteiger partial charge in [-0.05, 0) is 37.8 Å². The fraction of sp³-hybridized carbons (Fsp3) is 0.333. The second kappa shape index (κ2) is 4.13. The molecule has 1 aromatic rings. The van der Waals surface area contributed by atoms with Crippen molar-refractivity contribution >= 4 is 5.69 Å². The Kier molecular flexibility index (Phi) is 2.65. The van der Waals surface area contributed by atoms with E-state index in [1.54, 1.807) is 0 Å². The highest BCUT2D eigenvalue weighted by Crippen LogP contribution is 2.19. The Morgan fingerprint density at radius 1 is 1.00 bits per heavy atom. The molecule has 0 fully saturated rings. The van der Waals surface area contributed by atoms with Gasteiger partial charge in [-0.15, -0.1) is 0 Å². The molecule has 0 atom stereocenters. The van der Waals surface area contributed by atoms with E-state index < -0.39 is 0 Å². The standard InChI is InChI=1S/C12H15N/c1-3-7-11(8-4-1)13-12-9-5-2-6-10-12/h1,3-4,7-9,13H,2,5-6,10H2. The van der Waals surface area contributed by atoms with Gasteiger partial charge in [-0.25, -0.2) is 0 Å². The van der Waals surface area contributed by atoms with Crippen molar-refractivity contribution in [2.45, 2.75) is 25.7 Å². The first-order valence-corrected chi connectivity index (χ1v) is 4.96. The second-order valence-corrected chi connectivity index (χ2v) is 3.47. The number of hydrogen-bond donors (Lipinski definition) is 1. The van der Waals surface area contributed by atoms with Crippen molar-refractivity contribution in [1.29, 1.82) is 0 Å². The van der Waals surface area contributed by atoms with E-state index in [0.29, 0.717) is 0 Å². The highest BCUT2D eigenvalue weighted by Gasteiger charge is 2.02. The summed E-state index contributed by atoms with van der Waals surface area (Å²) < 4.78 is 0. The van der Waals surface area contributed by atoms with Crippen molar-refractivity contribution in [3.05, 3.63) is 42.1 Å². The average molecular weight is 173 g/mol. The predicted molar refractivity (Wildman–Crippen MR) is 56.6 cm³/mol. The minimum atomic E-state index is 1.20. The fourth-order valence-corrected chi connectivity index (χ4v) is 1.66. The Balaban J connectivity index is 2.01. The zero-order valence-electron chi connectivity index (χ0n) is 7.79. The first kappa shape index (κ1) is 8.36. The molecule has 13 heavy (non-hydrogen) atoms. The van der Waals surface area contributed by atoms with E-state index in [-0.39, 0.29) is 0 Å². The molecule has 1 aliphatic rings. The van der Waals surface area contributed by atoms with E-state index in [1.807, 2.05) is 6.07 Å². The van der Waals surface area contributed by atoms with E-state index in [9.17, 15) is 0 Å². The smallest absolute Gasteiger partial charge is 0.0381 e. The molecule has 1 aromatic carbocycles. The summed E-state index contributed by atoms with van der Waals surface area (Å²) in [6.07, 6.45) is 7.42. The van der Waals surface area contributed by atoms with Gasteiger partial charge in [-0.2, -0.15) is 0 Å². The molecule has 0 bridgehead atoms. The third-order valence-corrected chi connectivity index (χ3v) is 2.37. The summed E-state index contributed by atoms with van der Waals surface area (Å²) in [5.41, 5.74) is 2.59. The van der Waals surface area contributed by atoms with Crippen LogP contribution in [0, 0.1) is 0 Å². The molecule has 1 N–H and O–H groups in total. The van der Waals surface area contributed by atoms with Gasteiger partial charge in [0.15, 0.2) is 0 Å². The number of para-hydroxylation sites is 1. The lowest BCUT2D eigenvalue weighted by molar-refractivity contribution is 0.704. The van der Waals surface area contributed by atoms with Crippen LogP contribution in [-0.4, -0.2) is 0 Å². The fourth-order valence-electron chi connectivity index (χ4n) is 1.66. The molecule has 68 valence electrons. The Hall–Kier alpha value is -1.24. The maximum absolute atomic E-state index is 3.44. The molecule has 1 aliphatic carbocycles. The van der Waals surface area contributed by atoms with Crippen LogP contribution in [0.25, 0.3) is 0 Å². The molecular weight excluding hydrogens is 158 g/mol. The molecule has 0 heterocycles. The van der Waals surface area contributed by atoms with Crippen molar-refractivity contribution < 1.29 is 0 Å². The van der Waals surface area contributed by atoms with Crippen LogP contribution in [0.4, 0.5) is 5.69 Å². The van der Waals surface area contributed by atoms with Crippen LogP contribution in [-0.2, 0) is 0 Å². The summed E-state index contributed by atoms with van der Waals surface area (Å²) in [6.45, 7) is 0. The van der Waals surface area contributed by atoms with Crippen LogP contribution >= 0.6 is 0 Å². The highest BCUT2D eigenvalue weighted by molar-refractivity contribution is 5.47. The molecule has 0 spiro atoms. The monoisotopic (exact) mass is 173 g/mol. The topological polar surface area (TPSA) is 12.0 Å². The molecule has 2 rings (SSSR count). The van der Waals surface area contributed by atoms with Gasteiger partial charge in [0.05, 0.1) is 0 Å². The zero-order chi connectivity index (χ0) is 8.93. The van der Waals surface area contributed by atoms with Crippen molar-refractivity contribution in [3.8, 4) is 0 Å². The van der Waals surface area contributed by atoms with Gasteiger partial charge >= 0.3 is 0 Å². The maximum Gasteiger partial charge on any atom is 0.0381 e. The minimum absolute atomic E-state index is 1.20. The maximum atomic E-state index is 3.44. The predicted octanol–water partition coefficient (Wildman–Crippen LogP) is 3.56. The third kappa shape index (κ3) is 2.35. The first-order chi connectivity index (χ1) is 6.45. The number of benzene rings is 1. The Labute approximate surface area is 79.5 Å². The molecule has 1 nitrogen and oxygen atoms in total. The van der Waals surface area contributed by atoms with Crippen LogP contribution in [0.1, 0.15) is 25.7 Å². The normalized spacial score (nSPS) is 16.5. The Bertz CT molecular complexity index is 287. The molecule has 0 amide bonds. The SMILES string of the molecule is C1=C(Nc2ccccc2)CCCC1. The van der Waals surface area contributed by atoms with Crippen LogP contribution in [0.3, 0.4) is 0 Å². The summed E-state index contributed by atoms with van der Waals surface area (Å²) in [4.78, 5) is 0. The van der Waals surface area contributed by atoms with Crippen LogP contribution in [0.5, 0.6) is 0 Å². The van der Waals surface area contributed by atoms with E-state index in [4.69, 9.17) is 0 Å². The summed E-state index contributed by atoms with van der Waals surface area (Å²) in [6, 6.07) is 10.4. The van der Waals surface area contributed by atoms with Gasteiger partial charge in [-0.1, -0.05) is 24.3 Å². The molecule has 0 aliphatic heterocycles. The number of hydrogen-bond acceptors (Lipinski definition) is 1. The summed E-state index contributed by atoms with van der Waals surface area (Å²) in [5, 5.41) is 3.44. The molecule has 0 saturated carbocycles. The lowest BCUT2D eigenvalue weighted by Crippen LogP contribution is -2.02. The quantitative estimate of drug-likeness (QED) is 0.721. The average Bonchev–Trinajstić information content (AvgIpc) is 2.21. The lowest BCUT2D eigenvalue weighted by Gasteiger charge is -2.14. The minimum Gasteiger partial charge on any atom is -0.359 e. The van der Waals surface area contributed by atoms with Crippen molar-refractivity contribution in [2.24, 2.45) is 0 Å². The molecule has 0 saturated heterocycles. The highest BCUT2D eigenvalue weighted by atomic mass is 14.9.